The van der Waals surface area contributed by atoms with Crippen LogP contribution in [0.1, 0.15) is 16.5 Å². The smallest absolute Gasteiger partial charge is 0.0478 e. The van der Waals surface area contributed by atoms with Gasteiger partial charge in [0, 0.05) is 49.5 Å². The van der Waals surface area contributed by atoms with Gasteiger partial charge in [-0.05, 0) is 29.1 Å². The molecule has 3 rings (SSSR count). The summed E-state index contributed by atoms with van der Waals surface area (Å²) in [6.45, 7) is 4.25. The molecule has 0 radical (unpaired) electrons. The van der Waals surface area contributed by atoms with Crippen molar-refractivity contribution in [2.45, 2.75) is 12.6 Å². The first kappa shape index (κ1) is 14.5. The van der Waals surface area contributed by atoms with E-state index in [-0.39, 0.29) is 12.4 Å². The van der Waals surface area contributed by atoms with E-state index in [2.05, 4.69) is 44.8 Å². The summed E-state index contributed by atoms with van der Waals surface area (Å²) in [5.74, 6) is 0. The van der Waals surface area contributed by atoms with E-state index in [9.17, 15) is 0 Å². The van der Waals surface area contributed by atoms with Gasteiger partial charge in [0.1, 0.15) is 0 Å². The van der Waals surface area contributed by atoms with Gasteiger partial charge in [0.2, 0.25) is 0 Å². The molecule has 1 saturated heterocycles. The molecule has 1 atom stereocenters. The number of hydrogen-bond donors (Lipinski definition) is 1. The Morgan fingerprint density at radius 3 is 2.89 bits per heavy atom. The van der Waals surface area contributed by atoms with Crippen molar-refractivity contribution in [2.24, 2.45) is 0 Å². The first-order valence-electron chi connectivity index (χ1n) is 6.30. The third kappa shape index (κ3) is 3.54. The Kier molecular flexibility index (Phi) is 5.34. The maximum Gasteiger partial charge on any atom is 0.0478 e. The van der Waals surface area contributed by atoms with Crippen LogP contribution in [0.3, 0.4) is 0 Å². The van der Waals surface area contributed by atoms with E-state index in [1.165, 1.54) is 10.4 Å². The summed E-state index contributed by atoms with van der Waals surface area (Å²) in [5, 5.41) is 5.64. The van der Waals surface area contributed by atoms with Crippen LogP contribution in [-0.2, 0) is 6.54 Å². The van der Waals surface area contributed by atoms with Gasteiger partial charge in [0.15, 0.2) is 0 Å². The predicted molar refractivity (Wildman–Crippen MR) is 81.8 cm³/mol. The van der Waals surface area contributed by atoms with Crippen LogP contribution >= 0.6 is 23.7 Å². The van der Waals surface area contributed by atoms with Crippen molar-refractivity contribution >= 4 is 23.7 Å². The van der Waals surface area contributed by atoms with Gasteiger partial charge in [-0.1, -0.05) is 6.07 Å². The van der Waals surface area contributed by atoms with Crippen LogP contribution < -0.4 is 5.32 Å². The van der Waals surface area contributed by atoms with Gasteiger partial charge in [0.05, 0.1) is 0 Å². The molecule has 2 aromatic rings. The number of piperazine rings is 1. The number of rotatable bonds is 3. The number of hydrogen-bond acceptors (Lipinski definition) is 4. The summed E-state index contributed by atoms with van der Waals surface area (Å²) in [7, 11) is 0. The summed E-state index contributed by atoms with van der Waals surface area (Å²) in [4.78, 5) is 8.10. The van der Waals surface area contributed by atoms with E-state index < -0.39 is 0 Å². The zero-order valence-electron chi connectivity index (χ0n) is 10.7. The maximum absolute atomic E-state index is 4.10. The van der Waals surface area contributed by atoms with Crippen molar-refractivity contribution in [3.63, 3.8) is 0 Å². The molecule has 1 fully saturated rings. The van der Waals surface area contributed by atoms with Gasteiger partial charge >= 0.3 is 0 Å². The van der Waals surface area contributed by atoms with E-state index in [0.29, 0.717) is 6.04 Å². The largest absolute Gasteiger partial charge is 0.314 e. The Balaban J connectivity index is 0.00000133. The second kappa shape index (κ2) is 7.01. The Hall–Kier alpha value is -0.940. The molecule has 3 nitrogen and oxygen atoms in total. The van der Waals surface area contributed by atoms with E-state index in [4.69, 9.17) is 0 Å². The molecule has 102 valence electrons. The molecule has 2 aromatic heterocycles. The second-order valence-corrected chi connectivity index (χ2v) is 5.58. The normalized spacial score (nSPS) is 19.9. The molecule has 0 aromatic carbocycles. The van der Waals surface area contributed by atoms with Crippen molar-refractivity contribution in [1.29, 1.82) is 0 Å². The number of nitrogens with one attached hydrogen (secondary N) is 1. The van der Waals surface area contributed by atoms with Crippen LogP contribution in [0.15, 0.2) is 42.0 Å². The highest BCUT2D eigenvalue weighted by Crippen LogP contribution is 2.24. The van der Waals surface area contributed by atoms with E-state index in [0.717, 1.165) is 26.2 Å². The van der Waals surface area contributed by atoms with E-state index in [1.807, 2.05) is 23.7 Å². The third-order valence-electron chi connectivity index (χ3n) is 3.38. The minimum absolute atomic E-state index is 0. The molecule has 0 saturated carbocycles. The zero-order chi connectivity index (χ0) is 12.2. The number of aromatic nitrogens is 1. The molecule has 1 unspecified atom stereocenters. The van der Waals surface area contributed by atoms with Gasteiger partial charge in [0.25, 0.3) is 0 Å². The van der Waals surface area contributed by atoms with Crippen molar-refractivity contribution in [1.82, 2.24) is 15.2 Å². The predicted octanol–water partition coefficient (Wildman–Crippen LogP) is 2.71. The van der Waals surface area contributed by atoms with E-state index >= 15 is 0 Å². The lowest BCUT2D eigenvalue weighted by molar-refractivity contribution is 0.155. The van der Waals surface area contributed by atoms with Crippen LogP contribution in [0.5, 0.6) is 0 Å². The summed E-state index contributed by atoms with van der Waals surface area (Å²) in [6, 6.07) is 9.06. The van der Waals surface area contributed by atoms with Gasteiger partial charge in [-0.2, -0.15) is 0 Å². The second-order valence-electron chi connectivity index (χ2n) is 4.55. The third-order valence-corrected chi connectivity index (χ3v) is 4.25. The summed E-state index contributed by atoms with van der Waals surface area (Å²) < 4.78 is 0. The fourth-order valence-electron chi connectivity index (χ4n) is 2.45. The van der Waals surface area contributed by atoms with Crippen molar-refractivity contribution in [2.75, 3.05) is 19.6 Å². The molecular weight excluding hydrogens is 278 g/mol. The lowest BCUT2D eigenvalue weighted by atomic mass is 10.0. The number of nitrogens with zero attached hydrogens (tertiary/aromatic N) is 2. The standard InChI is InChI=1S/C14H17N3S.ClH/c1-2-13(18-9-1)11-17-8-7-16-10-14(17)12-3-5-15-6-4-12;/h1-6,9,14,16H,7-8,10-11H2;1H. The van der Waals surface area contributed by atoms with Crippen LogP contribution in [-0.4, -0.2) is 29.5 Å². The number of thiophene rings is 1. The Morgan fingerprint density at radius 1 is 1.32 bits per heavy atom. The molecule has 3 heterocycles. The highest BCUT2D eigenvalue weighted by Gasteiger charge is 2.23. The molecular formula is C14H18ClN3S. The van der Waals surface area contributed by atoms with E-state index in [1.54, 1.807) is 0 Å². The van der Waals surface area contributed by atoms with Crippen LogP contribution in [0.25, 0.3) is 0 Å². The van der Waals surface area contributed by atoms with Gasteiger partial charge < -0.3 is 5.32 Å². The SMILES string of the molecule is Cl.c1csc(CN2CCNCC2c2ccncc2)c1. The summed E-state index contributed by atoms with van der Waals surface area (Å²) in [6.07, 6.45) is 3.76. The average Bonchev–Trinajstić information content (AvgIpc) is 2.93. The summed E-state index contributed by atoms with van der Waals surface area (Å²) in [5.41, 5.74) is 1.36. The summed E-state index contributed by atoms with van der Waals surface area (Å²) >= 11 is 1.84. The molecule has 1 aliphatic rings. The molecule has 19 heavy (non-hydrogen) atoms. The Bertz CT molecular complexity index is 475. The highest BCUT2D eigenvalue weighted by molar-refractivity contribution is 7.09. The Labute approximate surface area is 124 Å². The lowest BCUT2D eigenvalue weighted by Crippen LogP contribution is -2.45. The van der Waals surface area contributed by atoms with Crippen LogP contribution in [0.4, 0.5) is 0 Å². The average molecular weight is 296 g/mol. The maximum atomic E-state index is 4.10. The molecule has 0 spiro atoms. The van der Waals surface area contributed by atoms with Crippen LogP contribution in [0, 0.1) is 0 Å². The van der Waals surface area contributed by atoms with Gasteiger partial charge in [-0.25, -0.2) is 0 Å². The monoisotopic (exact) mass is 295 g/mol. The van der Waals surface area contributed by atoms with Crippen LogP contribution in [0.2, 0.25) is 0 Å². The quantitative estimate of drug-likeness (QED) is 0.944. The van der Waals surface area contributed by atoms with Crippen molar-refractivity contribution in [3.8, 4) is 0 Å². The first-order valence-corrected chi connectivity index (χ1v) is 7.18. The first-order chi connectivity index (χ1) is 8.93. The molecule has 0 amide bonds. The molecule has 1 aliphatic heterocycles. The van der Waals surface area contributed by atoms with Gasteiger partial charge in [-0.3, -0.25) is 9.88 Å². The molecule has 5 heteroatoms. The molecule has 0 bridgehead atoms. The minimum Gasteiger partial charge on any atom is -0.314 e. The zero-order valence-corrected chi connectivity index (χ0v) is 12.3. The Morgan fingerprint density at radius 2 is 2.16 bits per heavy atom. The molecule has 0 aliphatic carbocycles. The van der Waals surface area contributed by atoms with Crippen molar-refractivity contribution in [3.05, 3.63) is 52.5 Å². The minimum atomic E-state index is 0. The highest BCUT2D eigenvalue weighted by atomic mass is 35.5. The van der Waals surface area contributed by atoms with Gasteiger partial charge in [-0.15, -0.1) is 23.7 Å². The molecule has 1 N–H and O–H groups in total. The lowest BCUT2D eigenvalue weighted by Gasteiger charge is -2.36. The fraction of sp³-hybridized carbons (Fsp3) is 0.357. The number of pyridine rings is 1. The van der Waals surface area contributed by atoms with Crippen molar-refractivity contribution < 1.29 is 0 Å². The number of halogens is 1. The topological polar surface area (TPSA) is 28.2 Å². The fourth-order valence-corrected chi connectivity index (χ4v) is 3.18.